The summed E-state index contributed by atoms with van der Waals surface area (Å²) >= 11 is 3.11. The van der Waals surface area contributed by atoms with E-state index in [-0.39, 0.29) is 5.82 Å². The van der Waals surface area contributed by atoms with Crippen LogP contribution in [0.1, 0.15) is 36.9 Å². The first-order valence-electron chi connectivity index (χ1n) is 6.73. The van der Waals surface area contributed by atoms with Gasteiger partial charge in [-0.15, -0.1) is 0 Å². The fraction of sp³-hybridized carbons (Fsp3) is 0.400. The van der Waals surface area contributed by atoms with Crippen molar-refractivity contribution in [3.8, 4) is 0 Å². The van der Waals surface area contributed by atoms with Gasteiger partial charge < -0.3 is 5.11 Å². The van der Waals surface area contributed by atoms with E-state index in [0.29, 0.717) is 16.5 Å². The van der Waals surface area contributed by atoms with Gasteiger partial charge in [-0.3, -0.25) is 4.68 Å². The summed E-state index contributed by atoms with van der Waals surface area (Å²) in [6.07, 6.45) is 0.564. The predicted octanol–water partition coefficient (Wildman–Crippen LogP) is 3.64. The van der Waals surface area contributed by atoms with Gasteiger partial charge in [0.1, 0.15) is 5.82 Å². The molecule has 1 atom stereocenters. The van der Waals surface area contributed by atoms with Crippen LogP contribution in [0.5, 0.6) is 0 Å². The van der Waals surface area contributed by atoms with Gasteiger partial charge in [-0.2, -0.15) is 5.10 Å². The lowest BCUT2D eigenvalue weighted by atomic mass is 10.0. The first kappa shape index (κ1) is 15.2. The van der Waals surface area contributed by atoms with Gasteiger partial charge in [0.25, 0.3) is 0 Å². The number of aryl methyl sites for hydroxylation is 2. The zero-order chi connectivity index (χ0) is 14.7. The Kier molecular flexibility index (Phi) is 4.94. The highest BCUT2D eigenvalue weighted by Crippen LogP contribution is 2.23. The molecular formula is C15H18BrFN2O. The van der Waals surface area contributed by atoms with Crippen molar-refractivity contribution in [1.82, 2.24) is 9.78 Å². The van der Waals surface area contributed by atoms with E-state index >= 15 is 0 Å². The van der Waals surface area contributed by atoms with Gasteiger partial charge in [-0.05, 0) is 53.0 Å². The van der Waals surface area contributed by atoms with Gasteiger partial charge >= 0.3 is 0 Å². The van der Waals surface area contributed by atoms with Crippen LogP contribution in [0.4, 0.5) is 4.39 Å². The summed E-state index contributed by atoms with van der Waals surface area (Å²) in [5, 5.41) is 14.7. The molecule has 0 aliphatic carbocycles. The number of aliphatic hydroxyl groups excluding tert-OH is 1. The van der Waals surface area contributed by atoms with E-state index in [4.69, 9.17) is 0 Å². The fourth-order valence-electron chi connectivity index (χ4n) is 2.16. The van der Waals surface area contributed by atoms with Crippen LogP contribution >= 0.6 is 15.9 Å². The van der Waals surface area contributed by atoms with Gasteiger partial charge in [-0.25, -0.2) is 4.39 Å². The van der Waals surface area contributed by atoms with Crippen LogP contribution in [0.25, 0.3) is 0 Å². The molecule has 1 N–H and O–H groups in total. The second kappa shape index (κ2) is 6.50. The second-order valence-electron chi connectivity index (χ2n) is 4.69. The molecule has 0 amide bonds. The molecule has 0 aliphatic heterocycles. The summed E-state index contributed by atoms with van der Waals surface area (Å²) in [6, 6.07) is 6.71. The third-order valence-corrected chi connectivity index (χ3v) is 3.95. The van der Waals surface area contributed by atoms with E-state index in [2.05, 4.69) is 21.0 Å². The molecule has 0 radical (unpaired) electrons. The maximum absolute atomic E-state index is 13.5. The van der Waals surface area contributed by atoms with E-state index in [1.54, 1.807) is 12.1 Å². The molecule has 108 valence electrons. The number of hydrogen-bond acceptors (Lipinski definition) is 2. The van der Waals surface area contributed by atoms with Crippen LogP contribution in [0.15, 0.2) is 28.7 Å². The molecule has 1 unspecified atom stereocenters. The molecule has 1 aromatic carbocycles. The van der Waals surface area contributed by atoms with Gasteiger partial charge in [0.15, 0.2) is 0 Å². The molecule has 0 fully saturated rings. The van der Waals surface area contributed by atoms with Crippen molar-refractivity contribution >= 4 is 15.9 Å². The van der Waals surface area contributed by atoms with Crippen molar-refractivity contribution in [2.45, 2.75) is 39.3 Å². The smallest absolute Gasteiger partial charge is 0.137 e. The normalized spacial score (nSPS) is 12.7. The maximum Gasteiger partial charge on any atom is 0.137 e. The molecule has 1 aromatic heterocycles. The van der Waals surface area contributed by atoms with Crippen molar-refractivity contribution in [3.05, 3.63) is 51.5 Å². The molecule has 3 nitrogen and oxygen atoms in total. The summed E-state index contributed by atoms with van der Waals surface area (Å²) in [6.45, 7) is 4.82. The Bertz CT molecular complexity index is 598. The summed E-state index contributed by atoms with van der Waals surface area (Å²) in [5.41, 5.74) is 2.56. The van der Waals surface area contributed by atoms with Gasteiger partial charge in [0.2, 0.25) is 0 Å². The number of rotatable bonds is 5. The number of hydrogen-bond donors (Lipinski definition) is 1. The Hall–Kier alpha value is -1.20. The summed E-state index contributed by atoms with van der Waals surface area (Å²) in [7, 11) is 0. The lowest BCUT2D eigenvalue weighted by Crippen LogP contribution is -2.08. The molecule has 0 aliphatic rings. The summed E-state index contributed by atoms with van der Waals surface area (Å²) < 4.78 is 15.8. The first-order valence-corrected chi connectivity index (χ1v) is 7.53. The zero-order valence-electron chi connectivity index (χ0n) is 11.6. The average Bonchev–Trinajstić information content (AvgIpc) is 2.84. The largest absolute Gasteiger partial charge is 0.388 e. The summed E-state index contributed by atoms with van der Waals surface area (Å²) in [4.78, 5) is 0. The third-order valence-electron chi connectivity index (χ3n) is 3.31. The van der Waals surface area contributed by atoms with Crippen LogP contribution in [0.2, 0.25) is 0 Å². The number of benzene rings is 1. The van der Waals surface area contributed by atoms with E-state index in [9.17, 15) is 9.50 Å². The number of nitrogens with zero attached hydrogens (tertiary/aromatic N) is 2. The molecule has 1 heterocycles. The van der Waals surface area contributed by atoms with Crippen LogP contribution in [0.3, 0.4) is 0 Å². The predicted molar refractivity (Wildman–Crippen MR) is 80.0 cm³/mol. The molecule has 20 heavy (non-hydrogen) atoms. The molecule has 0 spiro atoms. The van der Waals surface area contributed by atoms with E-state index in [1.807, 2.05) is 24.6 Å². The van der Waals surface area contributed by atoms with Gasteiger partial charge in [0, 0.05) is 18.7 Å². The number of aromatic nitrogens is 2. The lowest BCUT2D eigenvalue weighted by Gasteiger charge is -2.12. The van der Waals surface area contributed by atoms with Crippen molar-refractivity contribution in [1.29, 1.82) is 0 Å². The Labute approximate surface area is 126 Å². The van der Waals surface area contributed by atoms with Gasteiger partial charge in [0.05, 0.1) is 16.3 Å². The quantitative estimate of drug-likeness (QED) is 0.902. The topological polar surface area (TPSA) is 38.0 Å². The van der Waals surface area contributed by atoms with Crippen LogP contribution in [-0.4, -0.2) is 14.9 Å². The van der Waals surface area contributed by atoms with Crippen molar-refractivity contribution < 1.29 is 9.50 Å². The highest BCUT2D eigenvalue weighted by molar-refractivity contribution is 9.10. The molecule has 5 heteroatoms. The van der Waals surface area contributed by atoms with Crippen molar-refractivity contribution in [2.24, 2.45) is 0 Å². The highest BCUT2D eigenvalue weighted by Gasteiger charge is 2.14. The Morgan fingerprint density at radius 3 is 2.70 bits per heavy atom. The number of aliphatic hydroxyl groups is 1. The number of halogens is 2. The standard InChI is InChI=1S/C15H18BrFN2O/c1-3-11-8-12(19(4-2)18-11)9-15(20)10-5-6-13(16)14(17)7-10/h5-8,15,20H,3-4,9H2,1-2H3. The lowest BCUT2D eigenvalue weighted by molar-refractivity contribution is 0.175. The van der Waals surface area contributed by atoms with E-state index in [1.165, 1.54) is 6.07 Å². The van der Waals surface area contributed by atoms with Crippen molar-refractivity contribution in [3.63, 3.8) is 0 Å². The molecule has 0 bridgehead atoms. The Morgan fingerprint density at radius 1 is 1.35 bits per heavy atom. The molecule has 0 saturated heterocycles. The molecule has 2 rings (SSSR count). The van der Waals surface area contributed by atoms with Crippen molar-refractivity contribution in [2.75, 3.05) is 0 Å². The van der Waals surface area contributed by atoms with Gasteiger partial charge in [-0.1, -0.05) is 13.0 Å². The minimum absolute atomic E-state index is 0.361. The van der Waals surface area contributed by atoms with E-state index in [0.717, 1.165) is 24.4 Å². The second-order valence-corrected chi connectivity index (χ2v) is 5.54. The monoisotopic (exact) mass is 340 g/mol. The maximum atomic E-state index is 13.5. The average molecular weight is 341 g/mol. The van der Waals surface area contributed by atoms with Crippen LogP contribution in [0, 0.1) is 5.82 Å². The Balaban J connectivity index is 2.20. The zero-order valence-corrected chi connectivity index (χ0v) is 13.2. The molecule has 2 aromatic rings. The Morgan fingerprint density at radius 2 is 2.10 bits per heavy atom. The fourth-order valence-corrected chi connectivity index (χ4v) is 2.41. The van der Waals surface area contributed by atoms with E-state index < -0.39 is 6.10 Å². The minimum atomic E-state index is -0.732. The highest BCUT2D eigenvalue weighted by atomic mass is 79.9. The van der Waals surface area contributed by atoms with Crippen LogP contribution < -0.4 is 0 Å². The SMILES string of the molecule is CCc1cc(CC(O)c2ccc(Br)c(F)c2)n(CC)n1. The minimum Gasteiger partial charge on any atom is -0.388 e. The first-order chi connectivity index (χ1) is 9.55. The molecule has 0 saturated carbocycles. The van der Waals surface area contributed by atoms with Crippen LogP contribution in [-0.2, 0) is 19.4 Å². The third kappa shape index (κ3) is 3.27. The summed E-state index contributed by atoms with van der Waals surface area (Å²) in [5.74, 6) is -0.361. The molecular weight excluding hydrogens is 323 g/mol.